The average Bonchev–Trinajstić information content (AvgIpc) is 2.15. The van der Waals surface area contributed by atoms with E-state index in [1.807, 2.05) is 0 Å². The van der Waals surface area contributed by atoms with Gasteiger partial charge in [-0.3, -0.25) is 14.4 Å². The number of amides is 2. The average molecular weight is 258 g/mol. The van der Waals surface area contributed by atoms with Gasteiger partial charge in [-0.15, -0.1) is 0 Å². The number of nitrogens with one attached hydrogen (secondary N) is 2. The molecule has 0 saturated heterocycles. The van der Waals surface area contributed by atoms with Gasteiger partial charge >= 0.3 is 5.97 Å². The van der Waals surface area contributed by atoms with Crippen LogP contribution in [-0.4, -0.2) is 35.0 Å². The van der Waals surface area contributed by atoms with Gasteiger partial charge in [-0.25, -0.2) is 0 Å². The van der Waals surface area contributed by atoms with Gasteiger partial charge in [0.2, 0.25) is 11.8 Å². The molecule has 0 bridgehead atoms. The Hall–Kier alpha value is -1.59. The van der Waals surface area contributed by atoms with E-state index in [-0.39, 0.29) is 24.8 Å². The third-order valence-corrected chi connectivity index (χ3v) is 3.28. The van der Waals surface area contributed by atoms with Crippen LogP contribution >= 0.6 is 0 Å². The highest BCUT2D eigenvalue weighted by atomic mass is 16.4. The zero-order valence-corrected chi connectivity index (χ0v) is 11.6. The third kappa shape index (κ3) is 4.35. The Morgan fingerprint density at radius 2 is 1.61 bits per heavy atom. The van der Waals surface area contributed by atoms with Crippen LogP contribution in [-0.2, 0) is 14.4 Å². The van der Waals surface area contributed by atoms with Gasteiger partial charge in [-0.2, -0.15) is 0 Å². The minimum absolute atomic E-state index is 0.124. The molecule has 0 aliphatic carbocycles. The van der Waals surface area contributed by atoms with Crippen LogP contribution in [0.15, 0.2) is 0 Å². The summed E-state index contributed by atoms with van der Waals surface area (Å²) in [6.07, 6.45) is 0.124. The van der Waals surface area contributed by atoms with Crippen LogP contribution in [0.4, 0.5) is 0 Å². The summed E-state index contributed by atoms with van der Waals surface area (Å²) in [6.45, 7) is 8.06. The monoisotopic (exact) mass is 258 g/mol. The first-order valence-corrected chi connectivity index (χ1v) is 5.79. The molecule has 6 nitrogen and oxygen atoms in total. The van der Waals surface area contributed by atoms with E-state index in [1.165, 1.54) is 6.92 Å². The Balaban J connectivity index is 4.45. The molecule has 0 fully saturated rings. The van der Waals surface area contributed by atoms with Crippen LogP contribution < -0.4 is 10.6 Å². The largest absolute Gasteiger partial charge is 0.481 e. The van der Waals surface area contributed by atoms with Crippen LogP contribution in [0, 0.1) is 5.41 Å². The van der Waals surface area contributed by atoms with Crippen molar-refractivity contribution in [2.24, 2.45) is 5.41 Å². The smallest absolute Gasteiger partial charge is 0.311 e. The van der Waals surface area contributed by atoms with Gasteiger partial charge in [0.05, 0.1) is 5.41 Å². The summed E-state index contributed by atoms with van der Waals surface area (Å²) < 4.78 is 0. The minimum Gasteiger partial charge on any atom is -0.481 e. The summed E-state index contributed by atoms with van der Waals surface area (Å²) in [7, 11) is 0. The van der Waals surface area contributed by atoms with E-state index >= 15 is 0 Å². The zero-order chi connectivity index (χ0) is 14.6. The summed E-state index contributed by atoms with van der Waals surface area (Å²) in [5, 5.41) is 14.3. The van der Waals surface area contributed by atoms with E-state index in [2.05, 4.69) is 10.6 Å². The first kappa shape index (κ1) is 16.4. The summed E-state index contributed by atoms with van der Waals surface area (Å²) in [4.78, 5) is 33.4. The fourth-order valence-corrected chi connectivity index (χ4v) is 1.19. The second-order valence-corrected chi connectivity index (χ2v) is 5.34. The van der Waals surface area contributed by atoms with E-state index < -0.39 is 16.9 Å². The zero-order valence-electron chi connectivity index (χ0n) is 11.6. The fourth-order valence-electron chi connectivity index (χ4n) is 1.19. The van der Waals surface area contributed by atoms with Gasteiger partial charge in [0.1, 0.15) is 0 Å². The van der Waals surface area contributed by atoms with Crippen molar-refractivity contribution in [3.63, 3.8) is 0 Å². The Kier molecular flexibility index (Phi) is 5.32. The second-order valence-electron chi connectivity index (χ2n) is 5.34. The molecule has 0 aromatic rings. The van der Waals surface area contributed by atoms with Gasteiger partial charge in [0.15, 0.2) is 0 Å². The molecular formula is C12H22N2O4. The molecule has 0 heterocycles. The molecule has 0 spiro atoms. The minimum atomic E-state index is -1.09. The molecule has 6 heteroatoms. The number of hydrogen-bond acceptors (Lipinski definition) is 3. The van der Waals surface area contributed by atoms with Crippen molar-refractivity contribution in [1.29, 1.82) is 0 Å². The molecule has 0 saturated carbocycles. The summed E-state index contributed by atoms with van der Waals surface area (Å²) >= 11 is 0. The maximum atomic E-state index is 11.7. The van der Waals surface area contributed by atoms with Crippen molar-refractivity contribution >= 4 is 17.8 Å². The molecule has 2 amide bonds. The van der Waals surface area contributed by atoms with Crippen molar-refractivity contribution in [2.45, 2.75) is 46.6 Å². The first-order valence-electron chi connectivity index (χ1n) is 5.79. The number of carbonyl (C=O) groups excluding carboxylic acids is 2. The SMILES string of the molecule is CC(=O)NCCC(=O)NC(C)(C)C(C)(C)C(=O)O. The lowest BCUT2D eigenvalue weighted by Crippen LogP contribution is -2.57. The van der Waals surface area contributed by atoms with Crippen LogP contribution in [0.1, 0.15) is 41.0 Å². The Morgan fingerprint density at radius 1 is 1.11 bits per heavy atom. The van der Waals surface area contributed by atoms with Crippen LogP contribution in [0.5, 0.6) is 0 Å². The molecule has 3 N–H and O–H groups in total. The summed E-state index contributed by atoms with van der Waals surface area (Å²) in [5.41, 5.74) is -1.97. The molecule has 0 atom stereocenters. The highest BCUT2D eigenvalue weighted by molar-refractivity contribution is 5.81. The second kappa shape index (κ2) is 5.84. The Bertz CT molecular complexity index is 348. The lowest BCUT2D eigenvalue weighted by molar-refractivity contribution is -0.151. The Labute approximate surface area is 107 Å². The van der Waals surface area contributed by atoms with E-state index in [4.69, 9.17) is 5.11 Å². The third-order valence-electron chi connectivity index (χ3n) is 3.28. The number of carbonyl (C=O) groups is 3. The quantitative estimate of drug-likeness (QED) is 0.647. The van der Waals surface area contributed by atoms with Crippen molar-refractivity contribution in [3.05, 3.63) is 0 Å². The van der Waals surface area contributed by atoms with Crippen LogP contribution in [0.25, 0.3) is 0 Å². The lowest BCUT2D eigenvalue weighted by atomic mass is 9.74. The summed E-state index contributed by atoms with van der Waals surface area (Å²) in [5.74, 6) is -1.47. The van der Waals surface area contributed by atoms with Crippen LogP contribution in [0.3, 0.4) is 0 Å². The molecule has 104 valence electrons. The number of carboxylic acid groups (broad SMARTS) is 1. The van der Waals surface area contributed by atoms with E-state index in [9.17, 15) is 14.4 Å². The van der Waals surface area contributed by atoms with Gasteiger partial charge in [-0.1, -0.05) is 0 Å². The molecule has 18 heavy (non-hydrogen) atoms. The molecule has 0 aliphatic heterocycles. The molecule has 0 aromatic carbocycles. The summed E-state index contributed by atoms with van der Waals surface area (Å²) in [6, 6.07) is 0. The highest BCUT2D eigenvalue weighted by Gasteiger charge is 2.44. The van der Waals surface area contributed by atoms with Crippen molar-refractivity contribution in [1.82, 2.24) is 10.6 Å². The standard InChI is InChI=1S/C12H22N2O4/c1-8(15)13-7-6-9(16)14-12(4,5)11(2,3)10(17)18/h6-7H2,1-5H3,(H,13,15)(H,14,16)(H,17,18). The van der Waals surface area contributed by atoms with Crippen molar-refractivity contribution in [2.75, 3.05) is 6.54 Å². The predicted octanol–water partition coefficient (Wildman–Crippen LogP) is 0.518. The maximum Gasteiger partial charge on any atom is 0.311 e. The van der Waals surface area contributed by atoms with Gasteiger partial charge in [0.25, 0.3) is 0 Å². The fraction of sp³-hybridized carbons (Fsp3) is 0.750. The molecule has 0 aliphatic rings. The molecule has 0 rings (SSSR count). The molecular weight excluding hydrogens is 236 g/mol. The van der Waals surface area contributed by atoms with Gasteiger partial charge in [0, 0.05) is 25.4 Å². The predicted molar refractivity (Wildman–Crippen MR) is 66.9 cm³/mol. The number of aliphatic carboxylic acids is 1. The van der Waals surface area contributed by atoms with E-state index in [1.54, 1.807) is 27.7 Å². The van der Waals surface area contributed by atoms with Gasteiger partial charge < -0.3 is 15.7 Å². The number of carboxylic acids is 1. The molecule has 0 unspecified atom stereocenters. The maximum absolute atomic E-state index is 11.7. The van der Waals surface area contributed by atoms with Crippen molar-refractivity contribution in [3.8, 4) is 0 Å². The van der Waals surface area contributed by atoms with Gasteiger partial charge in [-0.05, 0) is 27.7 Å². The highest BCUT2D eigenvalue weighted by Crippen LogP contribution is 2.30. The van der Waals surface area contributed by atoms with E-state index in [0.29, 0.717) is 0 Å². The Morgan fingerprint density at radius 3 is 2.00 bits per heavy atom. The van der Waals surface area contributed by atoms with E-state index in [0.717, 1.165) is 0 Å². The first-order chi connectivity index (χ1) is 8.00. The van der Waals surface area contributed by atoms with Crippen LogP contribution in [0.2, 0.25) is 0 Å². The molecule has 0 aromatic heterocycles. The topological polar surface area (TPSA) is 95.5 Å². The number of rotatable bonds is 6. The number of hydrogen-bond donors (Lipinski definition) is 3. The van der Waals surface area contributed by atoms with Crippen molar-refractivity contribution < 1.29 is 19.5 Å². The molecule has 0 radical (unpaired) electrons. The normalized spacial score (nSPS) is 11.8. The lowest BCUT2D eigenvalue weighted by Gasteiger charge is -2.38.